The molecule has 180 valence electrons. The number of carbonyl (C=O) groups is 2. The van der Waals surface area contributed by atoms with Gasteiger partial charge in [-0.3, -0.25) is 9.59 Å². The maximum Gasteiger partial charge on any atom is 0.307 e. The number of aryl methyl sites for hydroxylation is 3. The number of H-pyrrole nitrogens is 1. The lowest BCUT2D eigenvalue weighted by Crippen LogP contribution is -1.98. The summed E-state index contributed by atoms with van der Waals surface area (Å²) in [6.07, 6.45) is 6.36. The van der Waals surface area contributed by atoms with Gasteiger partial charge in [-0.2, -0.15) is 0 Å². The molecule has 5 rings (SSSR count). The molecular weight excluding hydrogens is 432 g/mol. The number of fused-ring (bicyclic) bond motifs is 2. The van der Waals surface area contributed by atoms with E-state index in [2.05, 4.69) is 11.1 Å². The number of hydrogen-bond donors (Lipinski definition) is 3. The number of carboxylic acid groups (broad SMARTS) is 2. The van der Waals surface area contributed by atoms with Crippen molar-refractivity contribution in [3.05, 3.63) is 71.0 Å². The third-order valence-corrected chi connectivity index (χ3v) is 5.66. The Hall–Kier alpha value is -3.58. The number of benzene rings is 2. The number of nitrogens with one attached hydrogen (secondary N) is 1. The highest BCUT2D eigenvalue weighted by atomic mass is 16.5. The number of aromatic amines is 1. The van der Waals surface area contributed by atoms with E-state index in [1.54, 1.807) is 6.20 Å². The number of carboxylic acids is 2. The molecule has 0 amide bonds. The first-order valence-electron chi connectivity index (χ1n) is 11.4. The molecule has 7 heteroatoms. The Morgan fingerprint density at radius 2 is 1.50 bits per heavy atom. The van der Waals surface area contributed by atoms with E-state index in [-0.39, 0.29) is 12.8 Å². The van der Waals surface area contributed by atoms with Gasteiger partial charge in [0.1, 0.15) is 0 Å². The van der Waals surface area contributed by atoms with Crippen LogP contribution in [0.5, 0.6) is 0 Å². The zero-order valence-electron chi connectivity index (χ0n) is 19.9. The number of ether oxygens (including phenoxy) is 1. The third kappa shape index (κ3) is 6.71. The number of hydrogen-bond acceptors (Lipinski definition) is 3. The zero-order chi connectivity index (χ0) is 24.7. The lowest BCUT2D eigenvalue weighted by atomic mass is 10.1. The van der Waals surface area contributed by atoms with E-state index in [1.165, 1.54) is 24.0 Å². The summed E-state index contributed by atoms with van der Waals surface area (Å²) in [5, 5.41) is 19.5. The Balaban J connectivity index is 0.000000159. The molecule has 2 aromatic carbocycles. The molecule has 0 radical (unpaired) electrons. The van der Waals surface area contributed by atoms with Crippen molar-refractivity contribution in [3.8, 4) is 0 Å². The minimum Gasteiger partial charge on any atom is -0.481 e. The second kappa shape index (κ2) is 11.5. The molecule has 0 saturated carbocycles. The molecule has 0 bridgehead atoms. The monoisotopic (exact) mass is 464 g/mol. The second-order valence-electron chi connectivity index (χ2n) is 8.61. The lowest BCUT2D eigenvalue weighted by molar-refractivity contribution is -0.137. The smallest absolute Gasteiger partial charge is 0.307 e. The highest BCUT2D eigenvalue weighted by Gasteiger charge is 2.09. The lowest BCUT2D eigenvalue weighted by Gasteiger charge is -1.97. The molecule has 1 aliphatic rings. The standard InChI is InChI=1S/C12H13NO2.C11H11NO2.C4H8O/c1-8-3-4-10-9(6-12(14)15)7-13(2)11(10)5-8;1-7-2-3-9-8(5-11(13)14)6-12-10(9)4-7;1-2-4-5-3-1/h3-5,7H,6H2,1-2H3,(H,14,15);2-4,6,12H,5H2,1H3,(H,13,14);1-4H2. The highest BCUT2D eigenvalue weighted by molar-refractivity contribution is 5.88. The Morgan fingerprint density at radius 1 is 0.912 bits per heavy atom. The van der Waals surface area contributed by atoms with Crippen molar-refractivity contribution in [2.24, 2.45) is 7.05 Å². The van der Waals surface area contributed by atoms with Crippen LogP contribution in [0.3, 0.4) is 0 Å². The maximum atomic E-state index is 10.7. The van der Waals surface area contributed by atoms with Gasteiger partial charge in [-0.15, -0.1) is 0 Å². The molecule has 1 fully saturated rings. The third-order valence-electron chi connectivity index (χ3n) is 5.66. The van der Waals surface area contributed by atoms with Crippen LogP contribution in [-0.4, -0.2) is 44.9 Å². The molecule has 0 unspecified atom stereocenters. The van der Waals surface area contributed by atoms with E-state index in [0.717, 1.165) is 46.1 Å². The molecule has 0 spiro atoms. The van der Waals surface area contributed by atoms with Crippen LogP contribution in [0.15, 0.2) is 48.8 Å². The van der Waals surface area contributed by atoms with Crippen molar-refractivity contribution >= 4 is 33.7 Å². The topological polar surface area (TPSA) is 105 Å². The fourth-order valence-electron chi connectivity index (χ4n) is 4.00. The van der Waals surface area contributed by atoms with Crippen molar-refractivity contribution in [2.75, 3.05) is 13.2 Å². The molecule has 3 heterocycles. The molecule has 7 nitrogen and oxygen atoms in total. The largest absolute Gasteiger partial charge is 0.481 e. The van der Waals surface area contributed by atoms with Gasteiger partial charge in [-0.25, -0.2) is 0 Å². The molecular formula is C27H32N2O5. The summed E-state index contributed by atoms with van der Waals surface area (Å²) in [7, 11) is 1.94. The van der Waals surface area contributed by atoms with E-state index in [9.17, 15) is 9.59 Å². The predicted molar refractivity (Wildman–Crippen MR) is 133 cm³/mol. The molecule has 34 heavy (non-hydrogen) atoms. The molecule has 4 aromatic rings. The number of rotatable bonds is 4. The summed E-state index contributed by atoms with van der Waals surface area (Å²) in [5.74, 6) is -1.59. The van der Waals surface area contributed by atoms with Gasteiger partial charge in [0, 0.05) is 54.5 Å². The second-order valence-corrected chi connectivity index (χ2v) is 8.61. The van der Waals surface area contributed by atoms with Crippen LogP contribution in [0.2, 0.25) is 0 Å². The molecule has 1 aliphatic heterocycles. The van der Waals surface area contributed by atoms with Gasteiger partial charge >= 0.3 is 11.9 Å². The first kappa shape index (κ1) is 25.1. The Bertz CT molecular complexity index is 1270. The minimum absolute atomic E-state index is 0.0725. The summed E-state index contributed by atoms with van der Waals surface area (Å²) in [5.41, 5.74) is 6.16. The van der Waals surface area contributed by atoms with E-state index >= 15 is 0 Å². The Labute approximate surface area is 199 Å². The van der Waals surface area contributed by atoms with Crippen molar-refractivity contribution in [1.82, 2.24) is 9.55 Å². The fraction of sp³-hybridized carbons (Fsp3) is 0.333. The van der Waals surface area contributed by atoms with Gasteiger partial charge in [0.15, 0.2) is 0 Å². The number of aromatic nitrogens is 2. The van der Waals surface area contributed by atoms with Gasteiger partial charge in [-0.05, 0) is 61.1 Å². The van der Waals surface area contributed by atoms with Crippen molar-refractivity contribution in [2.45, 2.75) is 39.5 Å². The van der Waals surface area contributed by atoms with Crippen LogP contribution < -0.4 is 0 Å². The summed E-state index contributed by atoms with van der Waals surface area (Å²) in [6, 6.07) is 12.0. The summed E-state index contributed by atoms with van der Waals surface area (Å²) in [6.45, 7) is 6.04. The quantitative estimate of drug-likeness (QED) is 0.394. The van der Waals surface area contributed by atoms with Crippen molar-refractivity contribution in [3.63, 3.8) is 0 Å². The molecule has 2 aromatic heterocycles. The molecule has 3 N–H and O–H groups in total. The highest BCUT2D eigenvalue weighted by Crippen LogP contribution is 2.22. The minimum atomic E-state index is -0.800. The van der Waals surface area contributed by atoms with E-state index in [1.807, 2.05) is 62.0 Å². The average molecular weight is 465 g/mol. The predicted octanol–water partition coefficient (Wildman–Crippen LogP) is 5.01. The van der Waals surface area contributed by atoms with Gasteiger partial charge in [0.25, 0.3) is 0 Å². The maximum absolute atomic E-state index is 10.7. The summed E-state index contributed by atoms with van der Waals surface area (Å²) >= 11 is 0. The van der Waals surface area contributed by atoms with Crippen LogP contribution in [0, 0.1) is 13.8 Å². The van der Waals surface area contributed by atoms with E-state index in [4.69, 9.17) is 14.9 Å². The van der Waals surface area contributed by atoms with Crippen molar-refractivity contribution < 1.29 is 24.5 Å². The van der Waals surface area contributed by atoms with E-state index < -0.39 is 11.9 Å². The first-order chi connectivity index (χ1) is 16.2. The fourth-order valence-corrected chi connectivity index (χ4v) is 4.00. The normalized spacial score (nSPS) is 12.7. The first-order valence-corrected chi connectivity index (χ1v) is 11.4. The molecule has 1 saturated heterocycles. The SMILES string of the molecule is C1CCOC1.Cc1ccc2c(CC(=O)O)c[nH]c2c1.Cc1ccc2c(CC(=O)O)cn(C)c2c1. The van der Waals surface area contributed by atoms with Crippen molar-refractivity contribution in [1.29, 1.82) is 0 Å². The van der Waals surface area contributed by atoms with Gasteiger partial charge in [0.2, 0.25) is 0 Å². The Kier molecular flexibility index (Phi) is 8.49. The van der Waals surface area contributed by atoms with Crippen LogP contribution in [0.25, 0.3) is 21.8 Å². The summed E-state index contributed by atoms with van der Waals surface area (Å²) < 4.78 is 6.92. The van der Waals surface area contributed by atoms with Crippen LogP contribution in [0.4, 0.5) is 0 Å². The van der Waals surface area contributed by atoms with Crippen LogP contribution in [-0.2, 0) is 34.2 Å². The summed E-state index contributed by atoms with van der Waals surface area (Å²) in [4.78, 5) is 24.3. The van der Waals surface area contributed by atoms with Crippen LogP contribution >= 0.6 is 0 Å². The Morgan fingerprint density at radius 3 is 2.09 bits per heavy atom. The van der Waals surface area contributed by atoms with Gasteiger partial charge in [0.05, 0.1) is 12.8 Å². The molecule has 0 atom stereocenters. The molecule has 0 aliphatic carbocycles. The number of aliphatic carboxylic acids is 2. The van der Waals surface area contributed by atoms with Gasteiger partial charge < -0.3 is 24.5 Å². The van der Waals surface area contributed by atoms with E-state index in [0.29, 0.717) is 0 Å². The van der Waals surface area contributed by atoms with Gasteiger partial charge in [-0.1, -0.05) is 24.3 Å². The zero-order valence-corrected chi connectivity index (χ0v) is 19.9. The average Bonchev–Trinajstić information content (AvgIpc) is 3.52. The number of nitrogens with zero attached hydrogens (tertiary/aromatic N) is 1. The van der Waals surface area contributed by atoms with Crippen LogP contribution in [0.1, 0.15) is 35.1 Å².